The van der Waals surface area contributed by atoms with E-state index in [0.29, 0.717) is 18.3 Å². The predicted octanol–water partition coefficient (Wildman–Crippen LogP) is 4.00. The minimum absolute atomic E-state index is 0.0378. The number of carbonyl (C=O) groups excluding carboxylic acids is 5. The molecule has 0 aromatic heterocycles. The van der Waals surface area contributed by atoms with Crippen LogP contribution in [0.3, 0.4) is 0 Å². The Morgan fingerprint density at radius 3 is 2.12 bits per heavy atom. The summed E-state index contributed by atoms with van der Waals surface area (Å²) in [5, 5.41) is 34.6. The van der Waals surface area contributed by atoms with Crippen molar-refractivity contribution in [3.63, 3.8) is 0 Å². The van der Waals surface area contributed by atoms with E-state index in [2.05, 4.69) is 0 Å². The number of cyclic esters (lactones) is 1. The molecule has 21 atom stereocenters. The van der Waals surface area contributed by atoms with Gasteiger partial charge in [0.05, 0.1) is 43.5 Å². The Bertz CT molecular complexity index is 1860. The molecule has 73 heavy (non-hydrogen) atoms. The number of ketones is 1. The van der Waals surface area contributed by atoms with Gasteiger partial charge in [-0.1, -0.05) is 52.3 Å². The number of likely N-dealkylation sites (N-methyl/N-ethyl adjacent to an activating group) is 1. The maximum Gasteiger partial charge on any atom is 0.309 e. The molecule has 0 amide bonds. The van der Waals surface area contributed by atoms with Gasteiger partial charge >= 0.3 is 17.9 Å². The largest absolute Gasteiger partial charge is 0.462 e. The molecule has 4 aliphatic rings. The topological polar surface area (TPSA) is 251 Å². The molecule has 418 valence electrons. The van der Waals surface area contributed by atoms with Crippen molar-refractivity contribution in [2.75, 3.05) is 34.9 Å². The van der Waals surface area contributed by atoms with Crippen molar-refractivity contribution < 1.29 is 91.4 Å². The van der Waals surface area contributed by atoms with Crippen LogP contribution in [0.25, 0.3) is 0 Å². The van der Waals surface area contributed by atoms with Gasteiger partial charge in [-0.25, -0.2) is 0 Å². The van der Waals surface area contributed by atoms with Crippen LogP contribution in [0.4, 0.5) is 0 Å². The standard InChI is InChI=1S/C53H87NO19/c1-16-38-36(26-65-52-49(64-15)48(63-14)44(60)31(7)67-52)22-28(4)17-18-37(57)29(5)23-35(19-20-55)46(30(6)39(69-34(10)56)24-41(59)70-38)73-51-45(61)43(54(12)13)47(32(8)68-51)72-42-25-53(11,62)50(33(9)66-42)71-40(58)21-27(2)3/h17-18,20,22,27,29-33,35-36,38-39,42-52,60-62H,16,19,21,23-26H2,1-15H3/b18-17+,28-22-/t29-,30+,31-,32-,33+,35+,36-,38-,39-,42+,43-,44-,45-,46-,47-,48-,49-,50+,51+,52-,53-/m1/s1. The molecule has 4 aliphatic heterocycles. The van der Waals surface area contributed by atoms with E-state index in [1.165, 1.54) is 27.2 Å². The number of carbonyl (C=O) groups is 5. The molecule has 3 N–H and O–H groups in total. The number of rotatable bonds is 17. The minimum atomic E-state index is -1.53. The zero-order valence-corrected chi connectivity index (χ0v) is 45.7. The van der Waals surface area contributed by atoms with Gasteiger partial charge in [-0.3, -0.25) is 19.2 Å². The van der Waals surface area contributed by atoms with Crippen LogP contribution in [0.15, 0.2) is 23.8 Å². The normalized spacial score (nSPS) is 41.6. The van der Waals surface area contributed by atoms with Crippen molar-refractivity contribution in [1.82, 2.24) is 4.90 Å². The third-order valence-corrected chi connectivity index (χ3v) is 14.5. The molecule has 0 aromatic rings. The van der Waals surface area contributed by atoms with E-state index in [4.69, 9.17) is 52.1 Å². The van der Waals surface area contributed by atoms with Crippen LogP contribution in [0.1, 0.15) is 115 Å². The molecule has 20 nitrogen and oxygen atoms in total. The molecule has 0 aromatic carbocycles. The average molecular weight is 1040 g/mol. The quantitative estimate of drug-likeness (QED) is 0.106. The number of esters is 3. The number of methoxy groups -OCH3 is 2. The minimum Gasteiger partial charge on any atom is -0.462 e. The molecule has 0 aliphatic carbocycles. The maximum atomic E-state index is 14.2. The number of hydrogen-bond acceptors (Lipinski definition) is 20. The summed E-state index contributed by atoms with van der Waals surface area (Å²) in [6.45, 7) is 18.7. The fourth-order valence-corrected chi connectivity index (χ4v) is 10.6. The van der Waals surface area contributed by atoms with Gasteiger partial charge in [-0.15, -0.1) is 0 Å². The van der Waals surface area contributed by atoms with Gasteiger partial charge in [0.2, 0.25) is 0 Å². The molecule has 4 rings (SSSR count). The Kier molecular flexibility index (Phi) is 24.1. The van der Waals surface area contributed by atoms with Gasteiger partial charge in [0.25, 0.3) is 0 Å². The Labute approximate surface area is 432 Å². The smallest absolute Gasteiger partial charge is 0.309 e. The number of ether oxygens (including phenoxy) is 11. The highest BCUT2D eigenvalue weighted by Crippen LogP contribution is 2.39. The van der Waals surface area contributed by atoms with Crippen molar-refractivity contribution in [3.05, 3.63) is 23.8 Å². The molecule has 0 bridgehead atoms. The highest BCUT2D eigenvalue weighted by molar-refractivity contribution is 5.91. The van der Waals surface area contributed by atoms with Crippen LogP contribution in [-0.2, 0) is 76.1 Å². The zero-order valence-electron chi connectivity index (χ0n) is 45.7. The SMILES string of the molecule is CC[C@H]1OC(=O)C[C@@H](OC(C)=O)[C@H](C)[C@@H](O[C@@H]2O[C@H](C)[C@@H](O[C@H]3C[C@@](C)(O)[C@@H](OC(=O)CC(C)C)[C@H](C)O3)[C@H](N(C)C)[C@H]2O)[C@@H](CC=O)C[C@@H](C)C(=O)/C=C/C(C)=C\[C@@H]1CO[C@@H]1O[C@H](C)[C@@H](O)[C@@H](OC)[C@H]1OC. The van der Waals surface area contributed by atoms with E-state index in [0.717, 1.165) is 0 Å². The third-order valence-electron chi connectivity index (χ3n) is 14.5. The van der Waals surface area contributed by atoms with Crippen LogP contribution >= 0.6 is 0 Å². The van der Waals surface area contributed by atoms with Gasteiger partial charge in [0.15, 0.2) is 30.8 Å². The van der Waals surface area contributed by atoms with Gasteiger partial charge < -0.3 is 77.1 Å². The van der Waals surface area contributed by atoms with E-state index >= 15 is 0 Å². The molecule has 0 radical (unpaired) electrons. The number of hydrogen-bond donors (Lipinski definition) is 3. The first-order valence-corrected chi connectivity index (χ1v) is 25.9. The van der Waals surface area contributed by atoms with Crippen molar-refractivity contribution in [2.45, 2.75) is 218 Å². The maximum absolute atomic E-state index is 14.2. The molecular weight excluding hydrogens is 955 g/mol. The number of aliphatic hydroxyl groups is 3. The lowest BCUT2D eigenvalue weighted by molar-refractivity contribution is -0.342. The fraction of sp³-hybridized carbons (Fsp3) is 0.830. The lowest BCUT2D eigenvalue weighted by Crippen LogP contribution is -2.65. The number of aldehydes is 1. The molecule has 4 heterocycles. The molecule has 0 spiro atoms. The summed E-state index contributed by atoms with van der Waals surface area (Å²) >= 11 is 0. The van der Waals surface area contributed by atoms with E-state index in [-0.39, 0.29) is 44.0 Å². The highest BCUT2D eigenvalue weighted by Gasteiger charge is 2.53. The Morgan fingerprint density at radius 2 is 1.55 bits per heavy atom. The van der Waals surface area contributed by atoms with Gasteiger partial charge in [0, 0.05) is 58.2 Å². The monoisotopic (exact) mass is 1040 g/mol. The first-order chi connectivity index (χ1) is 34.3. The van der Waals surface area contributed by atoms with Crippen molar-refractivity contribution in [3.8, 4) is 0 Å². The second kappa shape index (κ2) is 28.2. The second-order valence-electron chi connectivity index (χ2n) is 21.4. The molecular formula is C53H87NO19. The molecule has 3 saturated heterocycles. The van der Waals surface area contributed by atoms with E-state index in [1.807, 2.05) is 26.8 Å². The molecule has 3 fully saturated rings. The Hall–Kier alpha value is -3.25. The van der Waals surface area contributed by atoms with E-state index < -0.39 is 152 Å². The van der Waals surface area contributed by atoms with Crippen LogP contribution in [0, 0.1) is 29.6 Å². The van der Waals surface area contributed by atoms with Crippen LogP contribution < -0.4 is 0 Å². The van der Waals surface area contributed by atoms with Crippen LogP contribution in [-0.4, -0.2) is 189 Å². The molecule has 0 saturated carbocycles. The molecule has 20 heteroatoms. The van der Waals surface area contributed by atoms with Crippen LogP contribution in [0.5, 0.6) is 0 Å². The lowest BCUT2D eigenvalue weighted by Gasteiger charge is -2.50. The summed E-state index contributed by atoms with van der Waals surface area (Å²) in [6, 6.07) is -0.809. The summed E-state index contributed by atoms with van der Waals surface area (Å²) in [4.78, 5) is 67.9. The first kappa shape index (κ1) is 62.3. The summed E-state index contributed by atoms with van der Waals surface area (Å²) in [5.41, 5.74) is -0.865. The summed E-state index contributed by atoms with van der Waals surface area (Å²) in [7, 11) is 6.41. The zero-order chi connectivity index (χ0) is 54.6. The molecule has 0 unspecified atom stereocenters. The van der Waals surface area contributed by atoms with Crippen molar-refractivity contribution in [2.24, 2.45) is 29.6 Å². The fourth-order valence-electron chi connectivity index (χ4n) is 10.6. The van der Waals surface area contributed by atoms with Crippen molar-refractivity contribution >= 4 is 30.0 Å². The van der Waals surface area contributed by atoms with Gasteiger partial charge in [-0.05, 0) is 79.5 Å². The lowest BCUT2D eigenvalue weighted by atomic mass is 9.79. The summed E-state index contributed by atoms with van der Waals surface area (Å²) < 4.78 is 67.2. The number of nitrogens with zero attached hydrogens (tertiary/aromatic N) is 1. The first-order valence-electron chi connectivity index (χ1n) is 25.9. The van der Waals surface area contributed by atoms with Crippen LogP contribution in [0.2, 0.25) is 0 Å². The highest BCUT2D eigenvalue weighted by atomic mass is 16.7. The third kappa shape index (κ3) is 16.9. The predicted molar refractivity (Wildman–Crippen MR) is 263 cm³/mol. The van der Waals surface area contributed by atoms with E-state index in [1.54, 1.807) is 73.5 Å². The number of aliphatic hydroxyl groups excluding tert-OH is 2. The average Bonchev–Trinajstić information content (AvgIpc) is 3.29. The number of allylic oxidation sites excluding steroid dienone is 3. The van der Waals surface area contributed by atoms with Crippen molar-refractivity contribution in [1.29, 1.82) is 0 Å². The second-order valence-corrected chi connectivity index (χ2v) is 21.4. The van der Waals surface area contributed by atoms with Gasteiger partial charge in [0.1, 0.15) is 54.6 Å². The Morgan fingerprint density at radius 1 is 0.890 bits per heavy atom. The van der Waals surface area contributed by atoms with E-state index in [9.17, 15) is 39.3 Å². The Balaban J connectivity index is 1.66. The summed E-state index contributed by atoms with van der Waals surface area (Å²) in [5.74, 6) is -4.87. The van der Waals surface area contributed by atoms with Gasteiger partial charge in [-0.2, -0.15) is 0 Å². The summed E-state index contributed by atoms with van der Waals surface area (Å²) in [6.07, 6.45) is -8.67.